The fourth-order valence-corrected chi connectivity index (χ4v) is 6.03. The molecule has 0 unspecified atom stereocenters. The largest absolute Gasteiger partial charge is 0.264 e. The summed E-state index contributed by atoms with van der Waals surface area (Å²) in [4.78, 5) is 23.4. The number of rotatable bonds is 7. The lowest BCUT2D eigenvalue weighted by Crippen LogP contribution is -2.00. The van der Waals surface area contributed by atoms with Crippen LogP contribution in [0, 0.1) is 0 Å². The molecule has 232 valence electrons. The first kappa shape index (κ1) is 30.2. The van der Waals surface area contributed by atoms with E-state index < -0.39 is 0 Å². The Morgan fingerprint density at radius 2 is 0.551 bits per heavy atom. The Hall–Kier alpha value is -6.11. The van der Waals surface area contributed by atoms with Crippen LogP contribution in [0.4, 0.5) is 0 Å². The number of hydrogen-bond acceptors (Lipinski definition) is 5. The molecule has 0 saturated carbocycles. The van der Waals surface area contributed by atoms with E-state index in [1.54, 1.807) is 12.4 Å². The summed E-state index contributed by atoms with van der Waals surface area (Å²) in [6.07, 6.45) is 7.29. The van der Waals surface area contributed by atoms with Gasteiger partial charge in [0.25, 0.3) is 0 Å². The van der Waals surface area contributed by atoms with Crippen molar-refractivity contribution >= 4 is 15.9 Å². The average molecular weight is 695 g/mol. The van der Waals surface area contributed by atoms with E-state index in [1.807, 2.05) is 24.5 Å². The third-order valence-corrected chi connectivity index (χ3v) is 8.98. The Balaban J connectivity index is 1.13. The summed E-state index contributed by atoms with van der Waals surface area (Å²) in [5, 5.41) is 0. The van der Waals surface area contributed by atoms with Crippen LogP contribution in [-0.2, 0) is 0 Å². The first-order valence-corrected chi connectivity index (χ1v) is 16.7. The molecule has 49 heavy (non-hydrogen) atoms. The quantitative estimate of drug-likeness (QED) is 0.166. The van der Waals surface area contributed by atoms with E-state index >= 15 is 0 Å². The summed E-state index contributed by atoms with van der Waals surface area (Å²) in [6.45, 7) is 0. The van der Waals surface area contributed by atoms with Crippen LogP contribution in [0.25, 0.3) is 78.7 Å². The molecule has 3 heterocycles. The molecule has 0 aliphatic rings. The summed E-state index contributed by atoms with van der Waals surface area (Å²) in [5.41, 5.74) is 11.6. The monoisotopic (exact) mass is 693 g/mol. The lowest BCUT2D eigenvalue weighted by molar-refractivity contribution is 1.07. The minimum absolute atomic E-state index is 0.613. The van der Waals surface area contributed by atoms with Gasteiger partial charge in [-0.15, -0.1) is 0 Å². The number of pyridine rings is 2. The summed E-state index contributed by atoms with van der Waals surface area (Å²) >= 11 is 3.52. The minimum atomic E-state index is 0.613. The van der Waals surface area contributed by atoms with E-state index in [1.165, 1.54) is 11.1 Å². The van der Waals surface area contributed by atoms with Gasteiger partial charge in [-0.3, -0.25) is 9.97 Å². The van der Waals surface area contributed by atoms with Crippen molar-refractivity contribution in [3.05, 3.63) is 175 Å². The normalized spacial score (nSPS) is 11.0. The number of halogens is 1. The Morgan fingerprint density at radius 3 is 0.837 bits per heavy atom. The van der Waals surface area contributed by atoms with Gasteiger partial charge < -0.3 is 0 Å². The Morgan fingerprint density at radius 1 is 0.286 bits per heavy atom. The molecule has 3 aromatic heterocycles. The lowest BCUT2D eigenvalue weighted by Gasteiger charge is -2.10. The number of nitrogens with zero attached hydrogens (tertiary/aromatic N) is 5. The van der Waals surface area contributed by atoms with Gasteiger partial charge in [0.1, 0.15) is 0 Å². The van der Waals surface area contributed by atoms with Gasteiger partial charge in [-0.25, -0.2) is 15.0 Å². The predicted molar refractivity (Wildman–Crippen MR) is 201 cm³/mol. The topological polar surface area (TPSA) is 64.5 Å². The van der Waals surface area contributed by atoms with Crippen LogP contribution in [0.2, 0.25) is 0 Å². The molecule has 8 aromatic rings. The molecule has 5 nitrogen and oxygen atoms in total. The highest BCUT2D eigenvalue weighted by molar-refractivity contribution is 9.10. The van der Waals surface area contributed by atoms with Crippen molar-refractivity contribution < 1.29 is 0 Å². The van der Waals surface area contributed by atoms with Crippen molar-refractivity contribution in [3.63, 3.8) is 0 Å². The van der Waals surface area contributed by atoms with Crippen LogP contribution < -0.4 is 0 Å². The van der Waals surface area contributed by atoms with Crippen LogP contribution in [0.1, 0.15) is 0 Å². The zero-order chi connectivity index (χ0) is 33.0. The first-order chi connectivity index (χ1) is 24.2. The molecule has 5 aromatic carbocycles. The molecule has 0 fully saturated rings. The fourth-order valence-electron chi connectivity index (χ4n) is 5.76. The molecule has 0 N–H and O–H groups in total. The zero-order valence-corrected chi connectivity index (χ0v) is 27.9. The Kier molecular flexibility index (Phi) is 8.36. The van der Waals surface area contributed by atoms with Gasteiger partial charge in [0.2, 0.25) is 0 Å². The van der Waals surface area contributed by atoms with Crippen LogP contribution in [0.15, 0.2) is 175 Å². The van der Waals surface area contributed by atoms with Gasteiger partial charge in [-0.05, 0) is 68.8 Å². The second kappa shape index (κ2) is 13.6. The molecular formula is C43H28BrN5. The molecule has 0 bridgehead atoms. The van der Waals surface area contributed by atoms with Crippen LogP contribution in [-0.4, -0.2) is 24.9 Å². The molecular weight excluding hydrogens is 666 g/mol. The standard InChI is InChI=1S/C43H28BrN5/c44-40-23-21-32(22-24-40)30-7-5-29(6-8-30)31-9-15-35(16-10-31)41-47-42(36-17-11-33(12-18-36)38-3-1-25-45-27-38)49-43(48-41)37-19-13-34(14-20-37)39-4-2-26-46-28-39/h1-28H. The number of benzene rings is 5. The van der Waals surface area contributed by atoms with E-state index in [2.05, 4.69) is 159 Å². The molecule has 0 saturated heterocycles. The van der Waals surface area contributed by atoms with Gasteiger partial charge in [-0.1, -0.05) is 137 Å². The molecule has 8 rings (SSSR count). The zero-order valence-electron chi connectivity index (χ0n) is 26.3. The molecule has 0 spiro atoms. The maximum Gasteiger partial charge on any atom is 0.164 e. The van der Waals surface area contributed by atoms with Gasteiger partial charge in [0, 0.05) is 46.0 Å². The van der Waals surface area contributed by atoms with Crippen LogP contribution in [0.3, 0.4) is 0 Å². The van der Waals surface area contributed by atoms with Crippen molar-refractivity contribution in [1.82, 2.24) is 24.9 Å². The van der Waals surface area contributed by atoms with Gasteiger partial charge >= 0.3 is 0 Å². The van der Waals surface area contributed by atoms with Crippen molar-refractivity contribution in [2.45, 2.75) is 0 Å². The van der Waals surface area contributed by atoms with Crippen molar-refractivity contribution in [2.75, 3.05) is 0 Å². The van der Waals surface area contributed by atoms with Gasteiger partial charge in [0.05, 0.1) is 0 Å². The van der Waals surface area contributed by atoms with Crippen molar-refractivity contribution in [1.29, 1.82) is 0 Å². The summed E-state index contributed by atoms with van der Waals surface area (Å²) in [7, 11) is 0. The molecule has 6 heteroatoms. The number of aromatic nitrogens is 5. The van der Waals surface area contributed by atoms with Crippen LogP contribution >= 0.6 is 15.9 Å². The van der Waals surface area contributed by atoms with E-state index in [0.29, 0.717) is 17.5 Å². The highest BCUT2D eigenvalue weighted by Crippen LogP contribution is 2.31. The Labute approximate surface area is 293 Å². The highest BCUT2D eigenvalue weighted by Gasteiger charge is 2.14. The smallest absolute Gasteiger partial charge is 0.164 e. The lowest BCUT2D eigenvalue weighted by atomic mass is 9.99. The third kappa shape index (κ3) is 6.68. The second-order valence-corrected chi connectivity index (χ2v) is 12.5. The molecule has 0 aliphatic heterocycles. The highest BCUT2D eigenvalue weighted by atomic mass is 79.9. The van der Waals surface area contributed by atoms with E-state index in [-0.39, 0.29) is 0 Å². The van der Waals surface area contributed by atoms with Crippen LogP contribution in [0.5, 0.6) is 0 Å². The summed E-state index contributed by atoms with van der Waals surface area (Å²) in [5.74, 6) is 1.84. The van der Waals surface area contributed by atoms with E-state index in [9.17, 15) is 0 Å². The van der Waals surface area contributed by atoms with Crippen molar-refractivity contribution in [2.24, 2.45) is 0 Å². The molecule has 0 radical (unpaired) electrons. The number of hydrogen-bond donors (Lipinski definition) is 0. The second-order valence-electron chi connectivity index (χ2n) is 11.6. The molecule has 0 amide bonds. The molecule has 0 aliphatic carbocycles. The summed E-state index contributed by atoms with van der Waals surface area (Å²) < 4.78 is 1.07. The molecule has 0 atom stereocenters. The maximum atomic E-state index is 4.97. The maximum absolute atomic E-state index is 4.97. The third-order valence-electron chi connectivity index (χ3n) is 8.45. The van der Waals surface area contributed by atoms with Crippen molar-refractivity contribution in [3.8, 4) is 78.7 Å². The fraction of sp³-hybridized carbons (Fsp3) is 0. The van der Waals surface area contributed by atoms with E-state index in [0.717, 1.165) is 54.5 Å². The average Bonchev–Trinajstić information content (AvgIpc) is 3.19. The Bertz CT molecular complexity index is 2220. The minimum Gasteiger partial charge on any atom is -0.264 e. The van der Waals surface area contributed by atoms with Gasteiger partial charge in [0.15, 0.2) is 17.5 Å². The van der Waals surface area contributed by atoms with Gasteiger partial charge in [-0.2, -0.15) is 0 Å². The SMILES string of the molecule is Brc1ccc(-c2ccc(-c3ccc(-c4nc(-c5ccc(-c6cccnc6)cc5)nc(-c5ccc(-c6cccnc6)cc5)n4)cc3)cc2)cc1. The van der Waals surface area contributed by atoms with E-state index in [4.69, 9.17) is 15.0 Å². The first-order valence-electron chi connectivity index (χ1n) is 15.9. The summed E-state index contributed by atoms with van der Waals surface area (Å²) in [6, 6.07) is 49.9. The predicted octanol–water partition coefficient (Wildman–Crippen LogP) is 11.1.